The number of para-hydroxylation sites is 1. The summed E-state index contributed by atoms with van der Waals surface area (Å²) in [5.41, 5.74) is 3.43. The van der Waals surface area contributed by atoms with Gasteiger partial charge in [0.05, 0.1) is 5.69 Å². The molecule has 6 nitrogen and oxygen atoms in total. The molecule has 2 N–H and O–H groups in total. The second-order valence-corrected chi connectivity index (χ2v) is 8.62. The van der Waals surface area contributed by atoms with Gasteiger partial charge in [0.15, 0.2) is 6.19 Å². The average molecular weight is 469 g/mol. The molecule has 0 spiro atoms. The molecule has 7 heteroatoms. The largest absolute Gasteiger partial charge is 0.326 e. The molecule has 0 bridgehead atoms. The number of nitriles is 1. The first-order valence-corrected chi connectivity index (χ1v) is 11.9. The Morgan fingerprint density at radius 3 is 2.47 bits per heavy atom. The van der Waals surface area contributed by atoms with Crippen molar-refractivity contribution < 1.29 is 9.59 Å². The van der Waals surface area contributed by atoms with Gasteiger partial charge in [-0.25, -0.2) is 9.69 Å². The molecule has 170 valence electrons. The van der Waals surface area contributed by atoms with E-state index in [1.54, 1.807) is 18.3 Å². The summed E-state index contributed by atoms with van der Waals surface area (Å²) in [6.07, 6.45) is 2.20. The van der Waals surface area contributed by atoms with Crippen molar-refractivity contribution in [3.8, 4) is 17.3 Å². The van der Waals surface area contributed by atoms with Crippen LogP contribution in [0.1, 0.15) is 12.5 Å². The number of nitrogens with one attached hydrogen (secondary N) is 2. The summed E-state index contributed by atoms with van der Waals surface area (Å²) < 4.78 is 1.11. The molecule has 0 fully saturated rings. The van der Waals surface area contributed by atoms with Crippen LogP contribution >= 0.6 is 11.3 Å². The zero-order chi connectivity index (χ0) is 23.9. The van der Waals surface area contributed by atoms with Crippen molar-refractivity contribution in [2.24, 2.45) is 0 Å². The fourth-order valence-corrected chi connectivity index (χ4v) is 4.83. The van der Waals surface area contributed by atoms with Crippen molar-refractivity contribution in [3.63, 3.8) is 0 Å². The van der Waals surface area contributed by atoms with Crippen LogP contribution in [-0.4, -0.2) is 29.4 Å². The normalized spacial score (nSPS) is 11.4. The molecule has 4 aromatic rings. The molecule has 0 aliphatic rings. The first kappa shape index (κ1) is 23.0. The standard InChI is InChI=1S/C27H24N4O2S/c1-2-31(18-28)26(32)24(16-20-17-34-25-15-9-7-13-22(20)25)30-27(33)29-23-14-8-6-12-21(23)19-10-4-3-5-11-19/h3-15,17,24H,2,16H2,1H3,(H2,29,30,33). The lowest BCUT2D eigenvalue weighted by Crippen LogP contribution is -2.49. The molecule has 3 aromatic carbocycles. The first-order chi connectivity index (χ1) is 16.6. The number of rotatable bonds is 7. The second kappa shape index (κ2) is 10.6. The Bertz CT molecular complexity index is 1340. The monoisotopic (exact) mass is 468 g/mol. The van der Waals surface area contributed by atoms with E-state index in [1.807, 2.05) is 90.4 Å². The Hall–Kier alpha value is -4.15. The molecule has 1 unspecified atom stereocenters. The summed E-state index contributed by atoms with van der Waals surface area (Å²) in [4.78, 5) is 27.2. The minimum Gasteiger partial charge on any atom is -0.326 e. The number of hydrogen-bond donors (Lipinski definition) is 2. The van der Waals surface area contributed by atoms with Gasteiger partial charge in [-0.15, -0.1) is 11.3 Å². The highest BCUT2D eigenvalue weighted by molar-refractivity contribution is 7.17. The number of likely N-dealkylation sites (N-methyl/N-ethyl adjacent to an activating group) is 1. The van der Waals surface area contributed by atoms with Crippen LogP contribution in [0.4, 0.5) is 10.5 Å². The molecule has 0 radical (unpaired) electrons. The number of hydrogen-bond acceptors (Lipinski definition) is 4. The smallest absolute Gasteiger partial charge is 0.319 e. The Morgan fingerprint density at radius 1 is 1.00 bits per heavy atom. The van der Waals surface area contributed by atoms with E-state index in [9.17, 15) is 14.9 Å². The Balaban J connectivity index is 1.58. The van der Waals surface area contributed by atoms with Gasteiger partial charge in [0.25, 0.3) is 5.91 Å². The van der Waals surface area contributed by atoms with Crippen molar-refractivity contribution in [1.29, 1.82) is 5.26 Å². The summed E-state index contributed by atoms with van der Waals surface area (Å²) in [5.74, 6) is -0.438. The molecular weight excluding hydrogens is 444 g/mol. The number of carbonyl (C=O) groups is 2. The summed E-state index contributed by atoms with van der Waals surface area (Å²) in [5, 5.41) is 18.1. The molecule has 34 heavy (non-hydrogen) atoms. The lowest BCUT2D eigenvalue weighted by molar-refractivity contribution is -0.129. The average Bonchev–Trinajstić information content (AvgIpc) is 3.28. The van der Waals surface area contributed by atoms with Gasteiger partial charge >= 0.3 is 6.03 Å². The van der Waals surface area contributed by atoms with Gasteiger partial charge in [-0.3, -0.25) is 4.79 Å². The maximum absolute atomic E-state index is 13.1. The second-order valence-electron chi connectivity index (χ2n) is 7.71. The molecule has 3 amide bonds. The Kier molecular flexibility index (Phi) is 7.21. The number of thiophene rings is 1. The number of anilines is 1. The third kappa shape index (κ3) is 5.08. The zero-order valence-corrected chi connectivity index (χ0v) is 19.5. The number of urea groups is 1. The van der Waals surface area contributed by atoms with Crippen molar-refractivity contribution >= 4 is 39.0 Å². The van der Waals surface area contributed by atoms with Crippen LogP contribution in [0, 0.1) is 11.5 Å². The number of fused-ring (bicyclic) bond motifs is 1. The van der Waals surface area contributed by atoms with Crippen LogP contribution in [0.15, 0.2) is 84.2 Å². The lowest BCUT2D eigenvalue weighted by Gasteiger charge is -2.22. The fraction of sp³-hybridized carbons (Fsp3) is 0.148. The highest BCUT2D eigenvalue weighted by Crippen LogP contribution is 2.28. The van der Waals surface area contributed by atoms with Crippen LogP contribution in [0.3, 0.4) is 0 Å². The molecule has 0 saturated carbocycles. The topological polar surface area (TPSA) is 85.2 Å². The molecule has 1 aromatic heterocycles. The Labute approximate surface area is 202 Å². The molecule has 0 saturated heterocycles. The lowest BCUT2D eigenvalue weighted by atomic mass is 10.0. The van der Waals surface area contributed by atoms with E-state index < -0.39 is 18.0 Å². The Morgan fingerprint density at radius 2 is 1.71 bits per heavy atom. The highest BCUT2D eigenvalue weighted by Gasteiger charge is 2.27. The molecule has 0 aliphatic heterocycles. The minimum atomic E-state index is -0.888. The highest BCUT2D eigenvalue weighted by atomic mass is 32.1. The molecule has 1 heterocycles. The van der Waals surface area contributed by atoms with E-state index in [1.165, 1.54) is 0 Å². The fourth-order valence-electron chi connectivity index (χ4n) is 3.85. The summed E-state index contributed by atoms with van der Waals surface area (Å²) >= 11 is 1.59. The van der Waals surface area contributed by atoms with Gasteiger partial charge in [0.2, 0.25) is 0 Å². The van der Waals surface area contributed by atoms with Crippen LogP contribution in [0.25, 0.3) is 21.2 Å². The van der Waals surface area contributed by atoms with Gasteiger partial charge in [0.1, 0.15) is 6.04 Å². The number of nitrogens with zero attached hydrogens (tertiary/aromatic N) is 2. The number of benzene rings is 3. The predicted molar refractivity (Wildman–Crippen MR) is 136 cm³/mol. The van der Waals surface area contributed by atoms with Gasteiger partial charge < -0.3 is 10.6 Å². The zero-order valence-electron chi connectivity index (χ0n) is 18.7. The van der Waals surface area contributed by atoms with E-state index >= 15 is 0 Å². The van der Waals surface area contributed by atoms with Crippen molar-refractivity contribution in [3.05, 3.63) is 89.8 Å². The summed E-state index contributed by atoms with van der Waals surface area (Å²) in [6, 6.07) is 23.8. The quantitative estimate of drug-likeness (QED) is 0.272. The molecule has 0 aliphatic carbocycles. The summed E-state index contributed by atoms with van der Waals surface area (Å²) in [7, 11) is 0. The van der Waals surface area contributed by atoms with Gasteiger partial charge in [-0.2, -0.15) is 5.26 Å². The first-order valence-electron chi connectivity index (χ1n) is 11.0. The maximum Gasteiger partial charge on any atom is 0.319 e. The van der Waals surface area contributed by atoms with Crippen LogP contribution < -0.4 is 10.6 Å². The van der Waals surface area contributed by atoms with E-state index in [4.69, 9.17) is 0 Å². The van der Waals surface area contributed by atoms with Gasteiger partial charge in [-0.1, -0.05) is 66.7 Å². The van der Waals surface area contributed by atoms with Gasteiger partial charge in [0, 0.05) is 23.2 Å². The van der Waals surface area contributed by atoms with E-state index in [0.717, 1.165) is 31.7 Å². The molecule has 1 atom stereocenters. The van der Waals surface area contributed by atoms with E-state index in [2.05, 4.69) is 10.6 Å². The predicted octanol–water partition coefficient (Wildman–Crippen LogP) is 5.63. The van der Waals surface area contributed by atoms with Crippen LogP contribution in [0.2, 0.25) is 0 Å². The SMILES string of the molecule is CCN(C#N)C(=O)C(Cc1csc2ccccc12)NC(=O)Nc1ccccc1-c1ccccc1. The minimum absolute atomic E-state index is 0.232. The number of amides is 3. The van der Waals surface area contributed by atoms with Crippen molar-refractivity contribution in [1.82, 2.24) is 10.2 Å². The van der Waals surface area contributed by atoms with Gasteiger partial charge in [-0.05, 0) is 40.9 Å². The van der Waals surface area contributed by atoms with Crippen molar-refractivity contribution in [2.45, 2.75) is 19.4 Å². The van der Waals surface area contributed by atoms with E-state index in [-0.39, 0.29) is 13.0 Å². The summed E-state index contributed by atoms with van der Waals surface area (Å²) in [6.45, 7) is 1.96. The van der Waals surface area contributed by atoms with Crippen molar-refractivity contribution in [2.75, 3.05) is 11.9 Å². The van der Waals surface area contributed by atoms with E-state index in [0.29, 0.717) is 5.69 Å². The third-order valence-corrected chi connectivity index (χ3v) is 6.56. The third-order valence-electron chi connectivity index (χ3n) is 5.55. The van der Waals surface area contributed by atoms with Crippen LogP contribution in [0.5, 0.6) is 0 Å². The maximum atomic E-state index is 13.1. The molecule has 4 rings (SSSR count). The number of carbonyl (C=O) groups excluding carboxylic acids is 2. The molecular formula is C27H24N4O2S. The van der Waals surface area contributed by atoms with Crippen LogP contribution in [-0.2, 0) is 11.2 Å².